The van der Waals surface area contributed by atoms with Gasteiger partial charge in [0.25, 0.3) is 0 Å². The molecule has 0 saturated heterocycles. The van der Waals surface area contributed by atoms with Crippen molar-refractivity contribution in [1.82, 2.24) is 15.3 Å². The number of nitrogens with zero attached hydrogens (tertiary/aromatic N) is 3. The third-order valence-electron chi connectivity index (χ3n) is 9.91. The Morgan fingerprint density at radius 1 is 0.978 bits per heavy atom. The number of pyridine rings is 1. The van der Waals surface area contributed by atoms with Crippen LogP contribution < -0.4 is 15.0 Å². The van der Waals surface area contributed by atoms with Gasteiger partial charge in [-0.2, -0.15) is 0 Å². The van der Waals surface area contributed by atoms with Gasteiger partial charge in [-0.1, -0.05) is 12.1 Å². The zero-order valence-electron chi connectivity index (χ0n) is 27.7. The normalized spacial score (nSPS) is 23.2. The molecule has 0 radical (unpaired) electrons. The molecule has 3 saturated carbocycles. The van der Waals surface area contributed by atoms with Gasteiger partial charge in [0, 0.05) is 36.2 Å². The van der Waals surface area contributed by atoms with Crippen LogP contribution in [0.15, 0.2) is 47.2 Å². The van der Waals surface area contributed by atoms with Crippen LogP contribution in [-0.4, -0.2) is 47.8 Å². The Labute approximate surface area is 272 Å². The molecule has 46 heavy (non-hydrogen) atoms. The molecule has 1 aromatic carbocycles. The summed E-state index contributed by atoms with van der Waals surface area (Å²) in [4.78, 5) is 37.9. The van der Waals surface area contributed by atoms with Crippen molar-refractivity contribution in [2.75, 3.05) is 18.6 Å². The maximum Gasteiger partial charge on any atom is 0.407 e. The lowest BCUT2D eigenvalue weighted by molar-refractivity contribution is -0.124. The van der Waals surface area contributed by atoms with E-state index in [0.29, 0.717) is 55.8 Å². The summed E-state index contributed by atoms with van der Waals surface area (Å²) in [6.45, 7) is 6.57. The van der Waals surface area contributed by atoms with Crippen LogP contribution in [0.2, 0.25) is 0 Å². The van der Waals surface area contributed by atoms with E-state index in [1.54, 1.807) is 19.6 Å². The molecule has 3 aliphatic rings. The van der Waals surface area contributed by atoms with E-state index >= 15 is 0 Å². The van der Waals surface area contributed by atoms with Crippen molar-refractivity contribution in [2.45, 2.75) is 109 Å². The van der Waals surface area contributed by atoms with Gasteiger partial charge in [-0.05, 0) is 126 Å². The number of methoxy groups -OCH3 is 1. The van der Waals surface area contributed by atoms with Gasteiger partial charge < -0.3 is 19.2 Å². The molecule has 6 rings (SSSR count). The second-order valence-electron chi connectivity index (χ2n) is 13.8. The summed E-state index contributed by atoms with van der Waals surface area (Å²) in [7, 11) is 1.72. The first-order valence-corrected chi connectivity index (χ1v) is 17.1. The number of oxazole rings is 1. The van der Waals surface area contributed by atoms with Crippen LogP contribution in [0.25, 0.3) is 11.3 Å². The molecule has 3 aliphatic carbocycles. The Morgan fingerprint density at radius 3 is 2.39 bits per heavy atom. The monoisotopic (exact) mass is 628 g/mol. The van der Waals surface area contributed by atoms with Crippen LogP contribution >= 0.6 is 0 Å². The number of benzene rings is 1. The second kappa shape index (κ2) is 14.3. The maximum atomic E-state index is 14.3. The molecule has 0 aliphatic heterocycles. The number of aromatic nitrogens is 2. The summed E-state index contributed by atoms with van der Waals surface area (Å²) in [6.07, 6.45) is 12.2. The lowest BCUT2D eigenvalue weighted by Gasteiger charge is -2.35. The number of ether oxygens (including phenoxy) is 2. The van der Waals surface area contributed by atoms with Crippen LogP contribution in [0, 0.1) is 18.8 Å². The highest BCUT2D eigenvalue weighted by Crippen LogP contribution is 2.41. The molecular formula is C37H48N4O5. The molecule has 2 aromatic heterocycles. The summed E-state index contributed by atoms with van der Waals surface area (Å²) < 4.78 is 16.9. The number of carbonyl (C=O) groups is 2. The van der Waals surface area contributed by atoms with Crippen molar-refractivity contribution in [1.29, 1.82) is 0 Å². The number of hydrogen-bond acceptors (Lipinski definition) is 7. The molecule has 2 amide bonds. The fourth-order valence-electron chi connectivity index (χ4n) is 7.12. The highest BCUT2D eigenvalue weighted by Gasteiger charge is 2.35. The van der Waals surface area contributed by atoms with Gasteiger partial charge in [-0.15, -0.1) is 0 Å². The van der Waals surface area contributed by atoms with Gasteiger partial charge >= 0.3 is 6.09 Å². The zero-order chi connectivity index (χ0) is 32.2. The Bertz CT molecular complexity index is 1500. The van der Waals surface area contributed by atoms with Gasteiger partial charge in [0.05, 0.1) is 7.11 Å². The van der Waals surface area contributed by atoms with Crippen molar-refractivity contribution in [3.8, 4) is 17.0 Å². The number of rotatable bonds is 10. The lowest BCUT2D eigenvalue weighted by Crippen LogP contribution is -2.43. The standard InChI is InChI=1S/C37H48N4O5/c1-23(2)39-37(43)46-31-14-11-28(12-15-31)36(42)41(34-20-30(17-18-38-34)32-22-45-35(40-32)27-9-10-27)21-25-5-7-26(8-6-25)29-13-16-33(44-4)24(3)19-29/h13,16-20,22-23,25-28,31H,5-12,14-15,21H2,1-4H3,(H,39,43). The van der Waals surface area contributed by atoms with Crippen LogP contribution in [-0.2, 0) is 9.53 Å². The first-order valence-electron chi connectivity index (χ1n) is 17.1. The van der Waals surface area contributed by atoms with Crippen LogP contribution in [0.1, 0.15) is 107 Å². The van der Waals surface area contributed by atoms with E-state index < -0.39 is 0 Å². The number of hydrogen-bond donors (Lipinski definition) is 1. The van der Waals surface area contributed by atoms with E-state index in [9.17, 15) is 9.59 Å². The van der Waals surface area contributed by atoms with Crippen LogP contribution in [0.3, 0.4) is 0 Å². The van der Waals surface area contributed by atoms with E-state index in [0.717, 1.165) is 61.4 Å². The molecule has 3 fully saturated rings. The summed E-state index contributed by atoms with van der Waals surface area (Å²) >= 11 is 0. The highest BCUT2D eigenvalue weighted by atomic mass is 16.6. The summed E-state index contributed by atoms with van der Waals surface area (Å²) in [6, 6.07) is 10.5. The lowest BCUT2D eigenvalue weighted by atomic mass is 9.78. The third-order valence-corrected chi connectivity index (χ3v) is 9.91. The largest absolute Gasteiger partial charge is 0.496 e. The first-order chi connectivity index (χ1) is 22.3. The predicted octanol–water partition coefficient (Wildman–Crippen LogP) is 7.93. The molecular weight excluding hydrogens is 580 g/mol. The Morgan fingerprint density at radius 2 is 1.72 bits per heavy atom. The molecule has 0 bridgehead atoms. The number of anilines is 1. The van der Waals surface area contributed by atoms with E-state index in [1.165, 1.54) is 11.1 Å². The van der Waals surface area contributed by atoms with E-state index in [4.69, 9.17) is 23.9 Å². The van der Waals surface area contributed by atoms with Crippen molar-refractivity contribution >= 4 is 17.8 Å². The fourth-order valence-corrected chi connectivity index (χ4v) is 7.12. The molecule has 3 aromatic rings. The Kier molecular flexibility index (Phi) is 9.95. The minimum atomic E-state index is -0.384. The second-order valence-corrected chi connectivity index (χ2v) is 13.8. The summed E-state index contributed by atoms with van der Waals surface area (Å²) in [5.74, 6) is 3.70. The maximum absolute atomic E-state index is 14.3. The number of nitrogens with one attached hydrogen (secondary N) is 1. The number of amides is 2. The predicted molar refractivity (Wildman–Crippen MR) is 177 cm³/mol. The number of alkyl carbamates (subject to hydrolysis) is 1. The average Bonchev–Trinajstić information content (AvgIpc) is 3.79. The Hall–Kier alpha value is -3.88. The van der Waals surface area contributed by atoms with Gasteiger partial charge in [0.15, 0.2) is 5.89 Å². The van der Waals surface area contributed by atoms with Crippen molar-refractivity contribution in [2.24, 2.45) is 11.8 Å². The smallest absolute Gasteiger partial charge is 0.407 e. The van der Waals surface area contributed by atoms with Crippen molar-refractivity contribution in [3.05, 3.63) is 59.8 Å². The van der Waals surface area contributed by atoms with E-state index in [-0.39, 0.29) is 30.1 Å². The number of carbonyl (C=O) groups excluding carboxylic acids is 2. The summed E-state index contributed by atoms with van der Waals surface area (Å²) in [5.41, 5.74) is 4.23. The van der Waals surface area contributed by atoms with E-state index in [2.05, 4.69) is 30.4 Å². The Balaban J connectivity index is 1.16. The van der Waals surface area contributed by atoms with Crippen LogP contribution in [0.5, 0.6) is 5.75 Å². The van der Waals surface area contributed by atoms with Crippen molar-refractivity contribution in [3.63, 3.8) is 0 Å². The topological polar surface area (TPSA) is 107 Å². The molecule has 2 heterocycles. The molecule has 1 N–H and O–H groups in total. The molecule has 9 heteroatoms. The quantitative estimate of drug-likeness (QED) is 0.243. The molecule has 246 valence electrons. The van der Waals surface area contributed by atoms with Gasteiger partial charge in [-0.3, -0.25) is 9.69 Å². The molecule has 9 nitrogen and oxygen atoms in total. The molecule has 0 spiro atoms. The highest BCUT2D eigenvalue weighted by molar-refractivity contribution is 5.94. The minimum absolute atomic E-state index is 0.0233. The summed E-state index contributed by atoms with van der Waals surface area (Å²) in [5, 5.41) is 2.80. The van der Waals surface area contributed by atoms with Gasteiger partial charge in [-0.25, -0.2) is 14.8 Å². The molecule has 0 atom stereocenters. The average molecular weight is 629 g/mol. The van der Waals surface area contributed by atoms with Gasteiger partial charge in [0.2, 0.25) is 5.91 Å². The number of aryl methyl sites for hydroxylation is 1. The van der Waals surface area contributed by atoms with Crippen molar-refractivity contribution < 1.29 is 23.5 Å². The van der Waals surface area contributed by atoms with Gasteiger partial charge in [0.1, 0.15) is 29.6 Å². The minimum Gasteiger partial charge on any atom is -0.496 e. The molecule has 0 unspecified atom stereocenters. The SMILES string of the molecule is COc1ccc(C2CCC(CN(C(=O)C3CCC(OC(=O)NC(C)C)CC3)c3cc(-c4coc(C5CC5)n4)ccn3)CC2)cc1C. The third kappa shape index (κ3) is 7.73. The zero-order valence-corrected chi connectivity index (χ0v) is 27.7. The van der Waals surface area contributed by atoms with E-state index in [1.807, 2.05) is 30.9 Å². The fraction of sp³-hybridized carbons (Fsp3) is 0.568. The van der Waals surface area contributed by atoms with Crippen LogP contribution in [0.4, 0.5) is 10.6 Å². The first kappa shape index (κ1) is 32.1.